The number of nitrogens with one attached hydrogen (secondary N) is 1. The van der Waals surface area contributed by atoms with Crippen LogP contribution in [0.25, 0.3) is 0 Å². The summed E-state index contributed by atoms with van der Waals surface area (Å²) < 4.78 is 0. The molecule has 1 heteroatoms. The van der Waals surface area contributed by atoms with Crippen molar-refractivity contribution in [3.05, 3.63) is 34.9 Å². The molecule has 2 aliphatic rings. The predicted molar refractivity (Wildman–Crippen MR) is 90.8 cm³/mol. The monoisotopic (exact) mass is 285 g/mol. The van der Waals surface area contributed by atoms with Gasteiger partial charge in [0.2, 0.25) is 0 Å². The molecule has 0 radical (unpaired) electrons. The number of hydrogen-bond acceptors (Lipinski definition) is 1. The summed E-state index contributed by atoms with van der Waals surface area (Å²) in [6.45, 7) is 3.46. The molecule has 1 saturated carbocycles. The average molecular weight is 285 g/mol. The summed E-state index contributed by atoms with van der Waals surface area (Å²) in [6.07, 6.45) is 13.6. The lowest BCUT2D eigenvalue weighted by Crippen LogP contribution is -2.36. The Bertz CT molecular complexity index is 445. The summed E-state index contributed by atoms with van der Waals surface area (Å²) in [7, 11) is 0. The molecule has 0 aliphatic heterocycles. The van der Waals surface area contributed by atoms with E-state index in [0.717, 1.165) is 12.0 Å². The fourth-order valence-corrected chi connectivity index (χ4v) is 4.30. The number of rotatable bonds is 7. The molecule has 0 amide bonds. The van der Waals surface area contributed by atoms with Crippen molar-refractivity contribution >= 4 is 0 Å². The van der Waals surface area contributed by atoms with Gasteiger partial charge >= 0.3 is 0 Å². The Labute approximate surface area is 130 Å². The molecule has 3 rings (SSSR count). The second-order valence-electron chi connectivity index (χ2n) is 7.10. The van der Waals surface area contributed by atoms with Crippen LogP contribution in [0.4, 0.5) is 0 Å². The van der Waals surface area contributed by atoms with Crippen molar-refractivity contribution in [3.8, 4) is 0 Å². The van der Waals surface area contributed by atoms with Crippen LogP contribution in [0.1, 0.15) is 68.6 Å². The van der Waals surface area contributed by atoms with Gasteiger partial charge in [-0.15, -0.1) is 0 Å². The molecule has 0 heterocycles. The van der Waals surface area contributed by atoms with Gasteiger partial charge in [0.25, 0.3) is 0 Å². The van der Waals surface area contributed by atoms with Crippen LogP contribution in [0.15, 0.2) is 18.2 Å². The average Bonchev–Trinajstić information content (AvgIpc) is 3.18. The topological polar surface area (TPSA) is 12.0 Å². The standard InChI is InChI=1S/C20H31N/c1-2-14-21-20(18-6-3-4-7-18)13-11-16-10-12-17-8-5-9-19(17)15-16/h10,12,15,18,20-21H,2-9,11,13-14H2,1H3. The van der Waals surface area contributed by atoms with Gasteiger partial charge in [0.1, 0.15) is 0 Å². The third kappa shape index (κ3) is 3.88. The largest absolute Gasteiger partial charge is 0.314 e. The maximum absolute atomic E-state index is 3.83. The van der Waals surface area contributed by atoms with Crippen molar-refractivity contribution in [2.24, 2.45) is 5.92 Å². The van der Waals surface area contributed by atoms with E-state index in [1.54, 1.807) is 16.7 Å². The summed E-state index contributed by atoms with van der Waals surface area (Å²) in [5.74, 6) is 0.936. The first-order chi connectivity index (χ1) is 10.4. The number of hydrogen-bond donors (Lipinski definition) is 1. The maximum Gasteiger partial charge on any atom is 0.00984 e. The van der Waals surface area contributed by atoms with Crippen molar-refractivity contribution in [1.29, 1.82) is 0 Å². The second kappa shape index (κ2) is 7.45. The molecule has 1 aromatic rings. The zero-order valence-electron chi connectivity index (χ0n) is 13.7. The number of aryl methyl sites for hydroxylation is 3. The fraction of sp³-hybridized carbons (Fsp3) is 0.700. The molecule has 116 valence electrons. The molecule has 0 spiro atoms. The number of fused-ring (bicyclic) bond motifs is 1. The van der Waals surface area contributed by atoms with Crippen LogP contribution in [-0.4, -0.2) is 12.6 Å². The van der Waals surface area contributed by atoms with Crippen molar-refractivity contribution in [1.82, 2.24) is 5.32 Å². The zero-order valence-corrected chi connectivity index (χ0v) is 13.7. The van der Waals surface area contributed by atoms with Crippen LogP contribution in [0, 0.1) is 5.92 Å². The van der Waals surface area contributed by atoms with Gasteiger partial charge in [0.15, 0.2) is 0 Å². The molecule has 1 aromatic carbocycles. The van der Waals surface area contributed by atoms with E-state index in [0.29, 0.717) is 0 Å². The Kier molecular flexibility index (Phi) is 5.35. The first kappa shape index (κ1) is 15.1. The Morgan fingerprint density at radius 2 is 1.90 bits per heavy atom. The van der Waals surface area contributed by atoms with E-state index >= 15 is 0 Å². The fourth-order valence-electron chi connectivity index (χ4n) is 4.30. The maximum atomic E-state index is 3.83. The van der Waals surface area contributed by atoms with E-state index in [1.807, 2.05) is 0 Å². The number of benzene rings is 1. The third-order valence-electron chi connectivity index (χ3n) is 5.53. The van der Waals surface area contributed by atoms with Crippen LogP contribution in [0.3, 0.4) is 0 Å². The van der Waals surface area contributed by atoms with Crippen LogP contribution in [-0.2, 0) is 19.3 Å². The minimum Gasteiger partial charge on any atom is -0.314 e. The van der Waals surface area contributed by atoms with Gasteiger partial charge in [0, 0.05) is 6.04 Å². The highest BCUT2D eigenvalue weighted by molar-refractivity contribution is 5.35. The smallest absolute Gasteiger partial charge is 0.00984 e. The Morgan fingerprint density at radius 3 is 2.71 bits per heavy atom. The van der Waals surface area contributed by atoms with Crippen LogP contribution >= 0.6 is 0 Å². The Balaban J connectivity index is 1.57. The Morgan fingerprint density at radius 1 is 1.10 bits per heavy atom. The molecule has 0 aromatic heterocycles. The first-order valence-corrected chi connectivity index (χ1v) is 9.21. The van der Waals surface area contributed by atoms with Crippen LogP contribution in [0.2, 0.25) is 0 Å². The van der Waals surface area contributed by atoms with E-state index in [-0.39, 0.29) is 0 Å². The van der Waals surface area contributed by atoms with E-state index in [9.17, 15) is 0 Å². The predicted octanol–water partition coefficient (Wildman–Crippen LogP) is 4.67. The third-order valence-corrected chi connectivity index (χ3v) is 5.53. The SMILES string of the molecule is CCCNC(CCc1ccc2c(c1)CCC2)C1CCCC1. The second-order valence-corrected chi connectivity index (χ2v) is 7.10. The lowest BCUT2D eigenvalue weighted by Gasteiger charge is -2.25. The Hall–Kier alpha value is -0.820. The molecule has 1 fully saturated rings. The highest BCUT2D eigenvalue weighted by Crippen LogP contribution is 2.30. The molecule has 1 atom stereocenters. The molecular formula is C20H31N. The van der Waals surface area contributed by atoms with Gasteiger partial charge in [0.05, 0.1) is 0 Å². The van der Waals surface area contributed by atoms with Crippen LogP contribution < -0.4 is 5.32 Å². The summed E-state index contributed by atoms with van der Waals surface area (Å²) in [5, 5.41) is 3.83. The van der Waals surface area contributed by atoms with Crippen LogP contribution in [0.5, 0.6) is 0 Å². The highest BCUT2D eigenvalue weighted by Gasteiger charge is 2.24. The van der Waals surface area contributed by atoms with Crippen molar-refractivity contribution in [2.75, 3.05) is 6.54 Å². The summed E-state index contributed by atoms with van der Waals surface area (Å²) in [6, 6.07) is 8.02. The molecule has 21 heavy (non-hydrogen) atoms. The minimum atomic E-state index is 0.751. The molecule has 0 saturated heterocycles. The van der Waals surface area contributed by atoms with Crippen molar-refractivity contribution < 1.29 is 0 Å². The minimum absolute atomic E-state index is 0.751. The lowest BCUT2D eigenvalue weighted by atomic mass is 9.91. The summed E-state index contributed by atoms with van der Waals surface area (Å²) in [4.78, 5) is 0. The van der Waals surface area contributed by atoms with Gasteiger partial charge in [-0.1, -0.05) is 38.0 Å². The zero-order chi connectivity index (χ0) is 14.5. The normalized spacial score (nSPS) is 19.9. The lowest BCUT2D eigenvalue weighted by molar-refractivity contribution is 0.341. The van der Waals surface area contributed by atoms with E-state index in [1.165, 1.54) is 70.8 Å². The summed E-state index contributed by atoms with van der Waals surface area (Å²) in [5.41, 5.74) is 4.80. The molecule has 2 aliphatic carbocycles. The van der Waals surface area contributed by atoms with E-state index in [2.05, 4.69) is 30.4 Å². The summed E-state index contributed by atoms with van der Waals surface area (Å²) >= 11 is 0. The first-order valence-electron chi connectivity index (χ1n) is 9.21. The van der Waals surface area contributed by atoms with Crippen molar-refractivity contribution in [3.63, 3.8) is 0 Å². The van der Waals surface area contributed by atoms with Crippen molar-refractivity contribution in [2.45, 2.75) is 77.2 Å². The van der Waals surface area contributed by atoms with Gasteiger partial charge in [-0.25, -0.2) is 0 Å². The highest BCUT2D eigenvalue weighted by atomic mass is 14.9. The quantitative estimate of drug-likeness (QED) is 0.768. The van der Waals surface area contributed by atoms with E-state index in [4.69, 9.17) is 0 Å². The molecule has 1 nitrogen and oxygen atoms in total. The molecule has 1 N–H and O–H groups in total. The van der Waals surface area contributed by atoms with Gasteiger partial charge in [-0.2, -0.15) is 0 Å². The van der Waals surface area contributed by atoms with Gasteiger partial charge in [-0.05, 0) is 80.5 Å². The molecular weight excluding hydrogens is 254 g/mol. The van der Waals surface area contributed by atoms with Gasteiger partial charge in [-0.3, -0.25) is 0 Å². The molecule has 0 bridgehead atoms. The van der Waals surface area contributed by atoms with Gasteiger partial charge < -0.3 is 5.32 Å². The molecule has 1 unspecified atom stereocenters. The van der Waals surface area contributed by atoms with E-state index < -0.39 is 0 Å².